The average Bonchev–Trinajstić information content (AvgIpc) is 2.47. The number of sulfonamides is 1. The molecular formula is C15H21NO4S. The topological polar surface area (TPSA) is 83.5 Å². The van der Waals surface area contributed by atoms with E-state index in [2.05, 4.69) is 4.72 Å². The number of carboxylic acid groups (broad SMARTS) is 1. The van der Waals surface area contributed by atoms with Crippen LogP contribution in [-0.4, -0.2) is 26.0 Å². The molecule has 0 heterocycles. The fourth-order valence-electron chi connectivity index (χ4n) is 2.58. The van der Waals surface area contributed by atoms with Gasteiger partial charge < -0.3 is 5.11 Å². The maximum absolute atomic E-state index is 12.3. The largest absolute Gasteiger partial charge is 0.481 e. The molecule has 2 N–H and O–H groups in total. The summed E-state index contributed by atoms with van der Waals surface area (Å²) in [5.74, 6) is -1.68. The van der Waals surface area contributed by atoms with E-state index in [1.807, 2.05) is 6.07 Å². The highest BCUT2D eigenvalue weighted by atomic mass is 32.2. The summed E-state index contributed by atoms with van der Waals surface area (Å²) in [6.45, 7) is 1.65. The van der Waals surface area contributed by atoms with Gasteiger partial charge in [0.15, 0.2) is 0 Å². The van der Waals surface area contributed by atoms with Gasteiger partial charge in [-0.1, -0.05) is 13.0 Å². The molecule has 1 aromatic carbocycles. The van der Waals surface area contributed by atoms with Crippen LogP contribution in [0.1, 0.15) is 37.3 Å². The minimum absolute atomic E-state index is 0.0781. The Balaban J connectivity index is 2.14. The molecular weight excluding hydrogens is 290 g/mol. The number of aryl methyl sites for hydroxylation is 2. The summed E-state index contributed by atoms with van der Waals surface area (Å²) in [7, 11) is -3.65. The molecule has 0 amide bonds. The van der Waals surface area contributed by atoms with E-state index in [0.29, 0.717) is 6.42 Å². The van der Waals surface area contributed by atoms with E-state index in [9.17, 15) is 13.2 Å². The van der Waals surface area contributed by atoms with E-state index in [-0.39, 0.29) is 11.4 Å². The van der Waals surface area contributed by atoms with Crippen molar-refractivity contribution in [2.24, 2.45) is 5.92 Å². The fraction of sp³-hybridized carbons (Fsp3) is 0.533. The van der Waals surface area contributed by atoms with Gasteiger partial charge >= 0.3 is 5.97 Å². The molecule has 2 rings (SSSR count). The van der Waals surface area contributed by atoms with Gasteiger partial charge in [-0.3, -0.25) is 4.79 Å². The van der Waals surface area contributed by atoms with Gasteiger partial charge in [0, 0.05) is 6.54 Å². The zero-order valence-corrected chi connectivity index (χ0v) is 12.9. The van der Waals surface area contributed by atoms with Crippen molar-refractivity contribution in [2.45, 2.75) is 43.9 Å². The Morgan fingerprint density at radius 2 is 1.95 bits per heavy atom. The molecule has 0 aliphatic heterocycles. The lowest BCUT2D eigenvalue weighted by molar-refractivity contribution is -0.141. The summed E-state index contributed by atoms with van der Waals surface area (Å²) in [6.07, 6.45) is 4.53. The van der Waals surface area contributed by atoms with Crippen molar-refractivity contribution in [3.8, 4) is 0 Å². The molecule has 1 aliphatic carbocycles. The average molecular weight is 311 g/mol. The Kier molecular flexibility index (Phi) is 5.00. The van der Waals surface area contributed by atoms with Crippen molar-refractivity contribution in [2.75, 3.05) is 6.54 Å². The second kappa shape index (κ2) is 6.58. The SMILES string of the molecule is CCC(CNS(=O)(=O)c1ccc2c(c1)CCCC2)C(=O)O. The maximum Gasteiger partial charge on any atom is 0.307 e. The smallest absolute Gasteiger partial charge is 0.307 e. The van der Waals surface area contributed by atoms with Crippen LogP contribution in [0.2, 0.25) is 0 Å². The van der Waals surface area contributed by atoms with Crippen LogP contribution < -0.4 is 4.72 Å². The monoisotopic (exact) mass is 311 g/mol. The van der Waals surface area contributed by atoms with E-state index in [1.165, 1.54) is 5.56 Å². The molecule has 0 saturated carbocycles. The van der Waals surface area contributed by atoms with Gasteiger partial charge in [0.2, 0.25) is 10.0 Å². The Hall–Kier alpha value is -1.40. The minimum atomic E-state index is -3.65. The quantitative estimate of drug-likeness (QED) is 0.841. The minimum Gasteiger partial charge on any atom is -0.481 e. The van der Waals surface area contributed by atoms with Crippen LogP contribution in [0.25, 0.3) is 0 Å². The van der Waals surface area contributed by atoms with Crippen LogP contribution >= 0.6 is 0 Å². The van der Waals surface area contributed by atoms with Crippen LogP contribution in [0.5, 0.6) is 0 Å². The highest BCUT2D eigenvalue weighted by Crippen LogP contribution is 2.24. The second-order valence-electron chi connectivity index (χ2n) is 5.43. The predicted octanol–water partition coefficient (Wildman–Crippen LogP) is 1.95. The van der Waals surface area contributed by atoms with E-state index < -0.39 is 21.9 Å². The summed E-state index contributed by atoms with van der Waals surface area (Å²) in [5.41, 5.74) is 2.31. The Morgan fingerprint density at radius 1 is 1.29 bits per heavy atom. The third kappa shape index (κ3) is 3.83. The number of rotatable bonds is 6. The zero-order chi connectivity index (χ0) is 15.5. The van der Waals surface area contributed by atoms with Crippen molar-refractivity contribution in [3.63, 3.8) is 0 Å². The number of carbonyl (C=O) groups is 1. The van der Waals surface area contributed by atoms with Gasteiger partial charge in [0.05, 0.1) is 10.8 Å². The first-order valence-electron chi connectivity index (χ1n) is 7.28. The van der Waals surface area contributed by atoms with Gasteiger partial charge in [-0.2, -0.15) is 0 Å². The zero-order valence-electron chi connectivity index (χ0n) is 12.1. The van der Waals surface area contributed by atoms with Crippen LogP contribution in [0.15, 0.2) is 23.1 Å². The molecule has 5 nitrogen and oxygen atoms in total. The van der Waals surface area contributed by atoms with Crippen LogP contribution in [-0.2, 0) is 27.7 Å². The fourth-order valence-corrected chi connectivity index (χ4v) is 3.71. The highest BCUT2D eigenvalue weighted by molar-refractivity contribution is 7.89. The highest BCUT2D eigenvalue weighted by Gasteiger charge is 2.21. The van der Waals surface area contributed by atoms with Crippen molar-refractivity contribution in [1.82, 2.24) is 4.72 Å². The van der Waals surface area contributed by atoms with Crippen LogP contribution in [0.3, 0.4) is 0 Å². The first-order valence-corrected chi connectivity index (χ1v) is 8.76. The number of fused-ring (bicyclic) bond motifs is 1. The van der Waals surface area contributed by atoms with Gasteiger partial charge in [-0.25, -0.2) is 13.1 Å². The van der Waals surface area contributed by atoms with E-state index in [0.717, 1.165) is 31.2 Å². The molecule has 0 spiro atoms. The molecule has 1 atom stereocenters. The summed E-state index contributed by atoms with van der Waals surface area (Å²) in [5, 5.41) is 8.96. The van der Waals surface area contributed by atoms with Crippen molar-refractivity contribution >= 4 is 16.0 Å². The molecule has 1 aromatic rings. The Labute approximate surface area is 125 Å². The normalized spacial score (nSPS) is 16.2. The van der Waals surface area contributed by atoms with Gasteiger partial charge in [0.1, 0.15) is 0 Å². The first-order chi connectivity index (χ1) is 9.94. The summed E-state index contributed by atoms with van der Waals surface area (Å²) in [6, 6.07) is 5.20. The molecule has 6 heteroatoms. The molecule has 0 bridgehead atoms. The predicted molar refractivity (Wildman–Crippen MR) is 79.7 cm³/mol. The summed E-state index contributed by atoms with van der Waals surface area (Å²) < 4.78 is 26.9. The molecule has 116 valence electrons. The van der Waals surface area contributed by atoms with Gasteiger partial charge in [-0.15, -0.1) is 0 Å². The molecule has 0 saturated heterocycles. The van der Waals surface area contributed by atoms with Crippen LogP contribution in [0, 0.1) is 5.92 Å². The van der Waals surface area contributed by atoms with Gasteiger partial charge in [-0.05, 0) is 55.4 Å². The van der Waals surface area contributed by atoms with Crippen LogP contribution in [0.4, 0.5) is 0 Å². The maximum atomic E-state index is 12.3. The number of nitrogens with one attached hydrogen (secondary N) is 1. The van der Waals surface area contributed by atoms with Crippen molar-refractivity contribution < 1.29 is 18.3 Å². The van der Waals surface area contributed by atoms with E-state index in [1.54, 1.807) is 19.1 Å². The van der Waals surface area contributed by atoms with Crippen molar-refractivity contribution in [3.05, 3.63) is 29.3 Å². The molecule has 21 heavy (non-hydrogen) atoms. The molecule has 0 aromatic heterocycles. The number of aliphatic carboxylic acids is 1. The van der Waals surface area contributed by atoms with Gasteiger partial charge in [0.25, 0.3) is 0 Å². The lowest BCUT2D eigenvalue weighted by Crippen LogP contribution is -2.32. The Morgan fingerprint density at radius 3 is 2.57 bits per heavy atom. The first kappa shape index (κ1) is 16.0. The Bertz CT molecular complexity index is 625. The number of carboxylic acids is 1. The van der Waals surface area contributed by atoms with Crippen molar-refractivity contribution in [1.29, 1.82) is 0 Å². The molecule has 0 fully saturated rings. The van der Waals surface area contributed by atoms with E-state index >= 15 is 0 Å². The third-order valence-corrected chi connectivity index (χ3v) is 5.41. The number of benzene rings is 1. The standard InChI is InChI=1S/C15H21NO4S/c1-2-11(15(17)18)10-16-21(19,20)14-8-7-12-5-3-4-6-13(12)9-14/h7-9,11,16H,2-6,10H2,1H3,(H,17,18). The summed E-state index contributed by atoms with van der Waals surface area (Å²) >= 11 is 0. The number of hydrogen-bond donors (Lipinski definition) is 2. The lowest BCUT2D eigenvalue weighted by atomic mass is 9.92. The lowest BCUT2D eigenvalue weighted by Gasteiger charge is -2.17. The second-order valence-corrected chi connectivity index (χ2v) is 7.20. The number of hydrogen-bond acceptors (Lipinski definition) is 3. The summed E-state index contributed by atoms with van der Waals surface area (Å²) in [4.78, 5) is 11.2. The molecule has 0 radical (unpaired) electrons. The third-order valence-electron chi connectivity index (χ3n) is 3.99. The van der Waals surface area contributed by atoms with E-state index in [4.69, 9.17) is 5.11 Å². The molecule has 1 aliphatic rings. The molecule has 1 unspecified atom stereocenters.